The van der Waals surface area contributed by atoms with Gasteiger partial charge in [-0.2, -0.15) is 0 Å². The summed E-state index contributed by atoms with van der Waals surface area (Å²) in [4.78, 5) is 12.7. The van der Waals surface area contributed by atoms with Gasteiger partial charge in [-0.1, -0.05) is 67.4 Å². The quantitative estimate of drug-likeness (QED) is 0.596. The smallest absolute Gasteiger partial charge is 0.255 e. The molecule has 26 heavy (non-hydrogen) atoms. The van der Waals surface area contributed by atoms with Gasteiger partial charge in [0.2, 0.25) is 0 Å². The molecule has 1 aliphatic carbocycles. The van der Waals surface area contributed by atoms with Gasteiger partial charge in [-0.3, -0.25) is 4.79 Å². The highest BCUT2D eigenvalue weighted by Gasteiger charge is 2.17. The Morgan fingerprint density at radius 2 is 1.50 bits per heavy atom. The number of hydrogen-bond donors (Lipinski definition) is 1. The van der Waals surface area contributed by atoms with Crippen molar-refractivity contribution in [3.05, 3.63) is 90.0 Å². The van der Waals surface area contributed by atoms with Gasteiger partial charge in [-0.25, -0.2) is 0 Å². The van der Waals surface area contributed by atoms with Crippen molar-refractivity contribution in [3.63, 3.8) is 0 Å². The number of anilines is 1. The van der Waals surface area contributed by atoms with Crippen molar-refractivity contribution in [2.45, 2.75) is 31.6 Å². The molecule has 0 spiro atoms. The summed E-state index contributed by atoms with van der Waals surface area (Å²) in [5.41, 5.74) is 5.07. The van der Waals surface area contributed by atoms with E-state index < -0.39 is 0 Å². The summed E-state index contributed by atoms with van der Waals surface area (Å²) in [5, 5.41) is 3.06. The highest BCUT2D eigenvalue weighted by molar-refractivity contribution is 6.05. The van der Waals surface area contributed by atoms with Crippen LogP contribution in [0.5, 0.6) is 0 Å². The summed E-state index contributed by atoms with van der Waals surface area (Å²) >= 11 is 0. The van der Waals surface area contributed by atoms with Crippen LogP contribution >= 0.6 is 0 Å². The molecule has 0 aliphatic heterocycles. The van der Waals surface area contributed by atoms with Crippen LogP contribution in [0.25, 0.3) is 11.1 Å². The standard InChI is InChI=1S/C24H23NO/c26-24(22-14-6-12-20(16-22)18-8-2-1-3-9-18)25-23-15-7-13-21(17-23)19-10-4-5-11-19/h1-3,6-9,12-17,19H,4-5,10-11H2,(H,25,26). The van der Waals surface area contributed by atoms with E-state index in [0.717, 1.165) is 16.8 Å². The molecular formula is C24H23NO. The van der Waals surface area contributed by atoms with Gasteiger partial charge < -0.3 is 5.32 Å². The average Bonchev–Trinajstić information content (AvgIpc) is 3.24. The van der Waals surface area contributed by atoms with Gasteiger partial charge in [0, 0.05) is 11.3 Å². The number of amides is 1. The minimum absolute atomic E-state index is 0.0636. The Bertz CT molecular complexity index is 895. The minimum Gasteiger partial charge on any atom is -0.322 e. The highest BCUT2D eigenvalue weighted by Crippen LogP contribution is 2.35. The van der Waals surface area contributed by atoms with Gasteiger partial charge in [0.05, 0.1) is 0 Å². The van der Waals surface area contributed by atoms with Crippen LogP contribution in [0.1, 0.15) is 47.5 Å². The molecule has 3 aromatic carbocycles. The molecule has 0 unspecified atom stereocenters. The molecule has 0 heterocycles. The van der Waals surface area contributed by atoms with E-state index in [1.807, 2.05) is 54.6 Å². The monoisotopic (exact) mass is 341 g/mol. The van der Waals surface area contributed by atoms with Crippen LogP contribution < -0.4 is 5.32 Å². The second kappa shape index (κ2) is 7.57. The van der Waals surface area contributed by atoms with Crippen LogP contribution in [0.4, 0.5) is 5.69 Å². The van der Waals surface area contributed by atoms with E-state index >= 15 is 0 Å². The number of rotatable bonds is 4. The van der Waals surface area contributed by atoms with Crippen molar-refractivity contribution >= 4 is 11.6 Å². The fourth-order valence-corrected chi connectivity index (χ4v) is 3.80. The Morgan fingerprint density at radius 3 is 2.31 bits per heavy atom. The summed E-state index contributed by atoms with van der Waals surface area (Å²) in [5.74, 6) is 0.583. The Labute approximate surface area is 154 Å². The zero-order chi connectivity index (χ0) is 17.8. The van der Waals surface area contributed by atoms with Crippen LogP contribution in [-0.2, 0) is 0 Å². The Balaban J connectivity index is 1.53. The maximum atomic E-state index is 12.7. The largest absolute Gasteiger partial charge is 0.322 e. The third kappa shape index (κ3) is 3.70. The molecule has 2 nitrogen and oxygen atoms in total. The second-order valence-corrected chi connectivity index (χ2v) is 7.01. The van der Waals surface area contributed by atoms with Crippen molar-refractivity contribution in [1.29, 1.82) is 0 Å². The average molecular weight is 341 g/mol. The maximum Gasteiger partial charge on any atom is 0.255 e. The molecule has 0 radical (unpaired) electrons. The van der Waals surface area contributed by atoms with E-state index in [1.165, 1.54) is 31.2 Å². The van der Waals surface area contributed by atoms with E-state index in [0.29, 0.717) is 11.5 Å². The molecule has 0 saturated heterocycles. The molecule has 0 bridgehead atoms. The van der Waals surface area contributed by atoms with E-state index in [1.54, 1.807) is 0 Å². The van der Waals surface area contributed by atoms with Crippen LogP contribution in [0.3, 0.4) is 0 Å². The molecule has 1 N–H and O–H groups in total. The van der Waals surface area contributed by atoms with Crippen molar-refractivity contribution < 1.29 is 4.79 Å². The summed E-state index contributed by atoms with van der Waals surface area (Å²) in [6.07, 6.45) is 5.15. The lowest BCUT2D eigenvalue weighted by atomic mass is 9.97. The van der Waals surface area contributed by atoms with Gasteiger partial charge >= 0.3 is 0 Å². The van der Waals surface area contributed by atoms with Gasteiger partial charge in [0.15, 0.2) is 0 Å². The van der Waals surface area contributed by atoms with Gasteiger partial charge in [-0.15, -0.1) is 0 Å². The van der Waals surface area contributed by atoms with Gasteiger partial charge in [0.25, 0.3) is 5.91 Å². The van der Waals surface area contributed by atoms with Crippen LogP contribution in [0.2, 0.25) is 0 Å². The van der Waals surface area contributed by atoms with Crippen LogP contribution in [0.15, 0.2) is 78.9 Å². The normalized spacial score (nSPS) is 14.3. The third-order valence-electron chi connectivity index (χ3n) is 5.20. The highest BCUT2D eigenvalue weighted by atomic mass is 16.1. The first-order chi connectivity index (χ1) is 12.8. The number of hydrogen-bond acceptors (Lipinski definition) is 1. The number of carbonyl (C=O) groups is 1. The fourth-order valence-electron chi connectivity index (χ4n) is 3.80. The topological polar surface area (TPSA) is 29.1 Å². The molecule has 0 atom stereocenters. The molecule has 1 aliphatic rings. The summed E-state index contributed by atoms with van der Waals surface area (Å²) in [7, 11) is 0. The summed E-state index contributed by atoms with van der Waals surface area (Å²) in [6, 6.07) is 26.2. The third-order valence-corrected chi connectivity index (χ3v) is 5.20. The minimum atomic E-state index is -0.0636. The van der Waals surface area contributed by atoms with Gasteiger partial charge in [0.1, 0.15) is 0 Å². The Kier molecular flexibility index (Phi) is 4.83. The molecule has 2 heteroatoms. The van der Waals surface area contributed by atoms with Crippen molar-refractivity contribution in [2.75, 3.05) is 5.32 Å². The Hall–Kier alpha value is -2.87. The lowest BCUT2D eigenvalue weighted by Gasteiger charge is -2.12. The molecule has 130 valence electrons. The number of carbonyl (C=O) groups excluding carboxylic acids is 1. The van der Waals surface area contributed by atoms with E-state index in [4.69, 9.17) is 0 Å². The lowest BCUT2D eigenvalue weighted by molar-refractivity contribution is 0.102. The van der Waals surface area contributed by atoms with E-state index in [2.05, 4.69) is 29.6 Å². The second-order valence-electron chi connectivity index (χ2n) is 7.01. The Morgan fingerprint density at radius 1 is 0.769 bits per heavy atom. The zero-order valence-corrected chi connectivity index (χ0v) is 14.8. The molecule has 1 fully saturated rings. The molecule has 4 rings (SSSR count). The fraction of sp³-hybridized carbons (Fsp3) is 0.208. The molecule has 1 amide bonds. The first-order valence-corrected chi connectivity index (χ1v) is 9.36. The zero-order valence-electron chi connectivity index (χ0n) is 14.8. The van der Waals surface area contributed by atoms with Crippen LogP contribution in [-0.4, -0.2) is 5.91 Å². The number of nitrogens with one attached hydrogen (secondary N) is 1. The van der Waals surface area contributed by atoms with Gasteiger partial charge in [-0.05, 0) is 59.7 Å². The molecule has 1 saturated carbocycles. The molecular weight excluding hydrogens is 318 g/mol. The maximum absolute atomic E-state index is 12.7. The summed E-state index contributed by atoms with van der Waals surface area (Å²) < 4.78 is 0. The lowest BCUT2D eigenvalue weighted by Crippen LogP contribution is -2.12. The first kappa shape index (κ1) is 16.6. The predicted octanol–water partition coefficient (Wildman–Crippen LogP) is 6.26. The SMILES string of the molecule is O=C(Nc1cccc(C2CCCC2)c1)c1cccc(-c2ccccc2)c1. The van der Waals surface area contributed by atoms with Crippen LogP contribution in [0, 0.1) is 0 Å². The first-order valence-electron chi connectivity index (χ1n) is 9.36. The molecule has 3 aromatic rings. The number of benzene rings is 3. The summed E-state index contributed by atoms with van der Waals surface area (Å²) in [6.45, 7) is 0. The van der Waals surface area contributed by atoms with Crippen molar-refractivity contribution in [2.24, 2.45) is 0 Å². The van der Waals surface area contributed by atoms with Crippen molar-refractivity contribution in [3.8, 4) is 11.1 Å². The van der Waals surface area contributed by atoms with E-state index in [-0.39, 0.29) is 5.91 Å². The van der Waals surface area contributed by atoms with Crippen molar-refractivity contribution in [1.82, 2.24) is 0 Å². The predicted molar refractivity (Wildman–Crippen MR) is 107 cm³/mol. The molecule has 0 aromatic heterocycles. The van der Waals surface area contributed by atoms with E-state index in [9.17, 15) is 4.79 Å².